The maximum atomic E-state index is 5.53. The molecule has 0 aliphatic rings. The second kappa shape index (κ2) is 2.65. The van der Waals surface area contributed by atoms with Crippen LogP contribution in [-0.4, -0.2) is 0 Å². The second-order valence-electron chi connectivity index (χ2n) is 3.28. The summed E-state index contributed by atoms with van der Waals surface area (Å²) in [4.78, 5) is 0.975. The van der Waals surface area contributed by atoms with Gasteiger partial charge in [-0.2, -0.15) is 0 Å². The number of nitrogens with two attached hydrogens (primary N) is 1. The average Bonchev–Trinajstić information content (AvgIpc) is 1.62. The quantitative estimate of drug-likeness (QED) is 0.502. The molecule has 9 heavy (non-hydrogen) atoms. The largest absolute Gasteiger partial charge is 0.402 e. The summed E-state index contributed by atoms with van der Waals surface area (Å²) < 4.78 is 0. The van der Waals surface area contributed by atoms with Gasteiger partial charge in [-0.1, -0.05) is 20.8 Å². The van der Waals surface area contributed by atoms with E-state index in [-0.39, 0.29) is 5.41 Å². The van der Waals surface area contributed by atoms with Gasteiger partial charge in [-0.25, -0.2) is 0 Å². The van der Waals surface area contributed by atoms with Gasteiger partial charge >= 0.3 is 0 Å². The fraction of sp³-hybridized carbons (Fsp3) is 0.714. The minimum Gasteiger partial charge on any atom is -0.402 e. The molecule has 1 nitrogen and oxygen atoms in total. The van der Waals surface area contributed by atoms with Gasteiger partial charge in [0.25, 0.3) is 0 Å². The molecule has 2 N–H and O–H groups in total. The molecule has 0 saturated heterocycles. The summed E-state index contributed by atoms with van der Waals surface area (Å²) >= 11 is 4.26. The van der Waals surface area contributed by atoms with Crippen LogP contribution in [0.4, 0.5) is 0 Å². The van der Waals surface area contributed by atoms with E-state index in [1.165, 1.54) is 0 Å². The molecule has 0 radical (unpaired) electrons. The molecule has 0 unspecified atom stereocenters. The summed E-state index contributed by atoms with van der Waals surface area (Å²) in [6, 6.07) is 0. The van der Waals surface area contributed by atoms with E-state index in [4.69, 9.17) is 5.73 Å². The van der Waals surface area contributed by atoms with E-state index >= 15 is 0 Å². The van der Waals surface area contributed by atoms with Crippen LogP contribution >= 0.6 is 12.6 Å². The third kappa shape index (κ3) is 2.80. The Labute approximate surface area is 62.7 Å². The monoisotopic (exact) mass is 145 g/mol. The lowest BCUT2D eigenvalue weighted by Gasteiger charge is -2.19. The zero-order valence-electron chi connectivity index (χ0n) is 6.52. The van der Waals surface area contributed by atoms with E-state index in [0.717, 1.165) is 10.6 Å². The van der Waals surface area contributed by atoms with E-state index in [1.54, 1.807) is 0 Å². The Kier molecular flexibility index (Phi) is 2.62. The molecule has 0 aromatic rings. The van der Waals surface area contributed by atoms with Crippen molar-refractivity contribution in [2.45, 2.75) is 27.7 Å². The Bertz CT molecular complexity index is 126. The maximum Gasteiger partial charge on any atom is 0.0148 e. The fourth-order valence-electron chi connectivity index (χ4n) is 0.592. The summed E-state index contributed by atoms with van der Waals surface area (Å²) in [7, 11) is 0. The Balaban J connectivity index is 4.40. The molecular weight excluding hydrogens is 130 g/mol. The van der Waals surface area contributed by atoms with Crippen LogP contribution in [0.2, 0.25) is 0 Å². The minimum atomic E-state index is 0.0992. The molecule has 0 saturated carbocycles. The smallest absolute Gasteiger partial charge is 0.0148 e. The van der Waals surface area contributed by atoms with Gasteiger partial charge in [0.15, 0.2) is 0 Å². The van der Waals surface area contributed by atoms with Gasteiger partial charge in [0, 0.05) is 10.6 Å². The summed E-state index contributed by atoms with van der Waals surface area (Å²) in [6.07, 6.45) is 0. The highest BCUT2D eigenvalue weighted by atomic mass is 32.1. The number of allylic oxidation sites excluding steroid dienone is 2. The van der Waals surface area contributed by atoms with Crippen molar-refractivity contribution in [2.24, 2.45) is 11.1 Å². The molecule has 0 bridgehead atoms. The summed E-state index contributed by atoms with van der Waals surface area (Å²) in [6.45, 7) is 8.14. The van der Waals surface area contributed by atoms with Gasteiger partial charge in [0.1, 0.15) is 0 Å². The molecule has 0 atom stereocenters. The van der Waals surface area contributed by atoms with Crippen molar-refractivity contribution in [3.8, 4) is 0 Å². The highest BCUT2D eigenvalue weighted by molar-refractivity contribution is 7.84. The van der Waals surface area contributed by atoms with Gasteiger partial charge in [-0.3, -0.25) is 0 Å². The van der Waals surface area contributed by atoms with Gasteiger partial charge in [0.05, 0.1) is 0 Å². The first-order valence-corrected chi connectivity index (χ1v) is 3.46. The summed E-state index contributed by atoms with van der Waals surface area (Å²) in [5, 5.41) is 0. The zero-order chi connectivity index (χ0) is 7.65. The zero-order valence-corrected chi connectivity index (χ0v) is 7.42. The minimum absolute atomic E-state index is 0.0992. The van der Waals surface area contributed by atoms with Crippen LogP contribution in [0.1, 0.15) is 27.7 Å². The Morgan fingerprint density at radius 3 is 1.67 bits per heavy atom. The third-order valence-electron chi connectivity index (χ3n) is 1.08. The fourth-order valence-corrected chi connectivity index (χ4v) is 0.592. The van der Waals surface area contributed by atoms with Crippen molar-refractivity contribution < 1.29 is 0 Å². The number of hydrogen-bond acceptors (Lipinski definition) is 2. The van der Waals surface area contributed by atoms with E-state index in [9.17, 15) is 0 Å². The SMILES string of the molecule is C/C(N)=C(/S)C(C)(C)C. The van der Waals surface area contributed by atoms with Crippen molar-refractivity contribution in [3.63, 3.8) is 0 Å². The predicted molar refractivity (Wildman–Crippen MR) is 45.3 cm³/mol. The number of hydrogen-bond donors (Lipinski definition) is 2. The van der Waals surface area contributed by atoms with Crippen molar-refractivity contribution >= 4 is 12.6 Å². The molecule has 0 aliphatic carbocycles. The predicted octanol–water partition coefficient (Wildman–Crippen LogP) is 2.15. The van der Waals surface area contributed by atoms with Gasteiger partial charge in [-0.05, 0) is 12.3 Å². The van der Waals surface area contributed by atoms with Crippen molar-refractivity contribution in [2.75, 3.05) is 0 Å². The van der Waals surface area contributed by atoms with Crippen LogP contribution in [0.15, 0.2) is 10.6 Å². The van der Waals surface area contributed by atoms with Crippen LogP contribution in [0.3, 0.4) is 0 Å². The third-order valence-corrected chi connectivity index (χ3v) is 2.11. The molecule has 0 fully saturated rings. The number of rotatable bonds is 0. The van der Waals surface area contributed by atoms with E-state index in [1.807, 2.05) is 6.92 Å². The lowest BCUT2D eigenvalue weighted by atomic mass is 9.95. The molecule has 0 aliphatic heterocycles. The molecule has 0 aromatic heterocycles. The topological polar surface area (TPSA) is 26.0 Å². The van der Waals surface area contributed by atoms with Crippen LogP contribution < -0.4 is 5.73 Å². The first kappa shape index (κ1) is 8.89. The first-order chi connectivity index (χ1) is 3.85. The normalized spacial score (nSPS) is 15.2. The average molecular weight is 145 g/mol. The summed E-state index contributed by atoms with van der Waals surface area (Å²) in [5.41, 5.74) is 6.44. The Morgan fingerprint density at radius 1 is 1.33 bits per heavy atom. The van der Waals surface area contributed by atoms with Crippen LogP contribution in [0.5, 0.6) is 0 Å². The molecule has 54 valence electrons. The first-order valence-electron chi connectivity index (χ1n) is 3.01. The Hall–Kier alpha value is -0.110. The van der Waals surface area contributed by atoms with E-state index < -0.39 is 0 Å². The lowest BCUT2D eigenvalue weighted by Crippen LogP contribution is -2.10. The second-order valence-corrected chi connectivity index (χ2v) is 3.73. The van der Waals surface area contributed by atoms with Crippen molar-refractivity contribution in [1.82, 2.24) is 0 Å². The highest BCUT2D eigenvalue weighted by Gasteiger charge is 2.14. The molecule has 0 aromatic carbocycles. The van der Waals surface area contributed by atoms with Gasteiger partial charge < -0.3 is 5.73 Å². The molecule has 0 rings (SSSR count). The molecule has 0 amide bonds. The van der Waals surface area contributed by atoms with Gasteiger partial charge in [0.2, 0.25) is 0 Å². The van der Waals surface area contributed by atoms with Gasteiger partial charge in [-0.15, -0.1) is 12.6 Å². The maximum absolute atomic E-state index is 5.53. The molecule has 0 heterocycles. The van der Waals surface area contributed by atoms with Crippen molar-refractivity contribution in [3.05, 3.63) is 10.6 Å². The Morgan fingerprint density at radius 2 is 1.67 bits per heavy atom. The summed E-state index contributed by atoms with van der Waals surface area (Å²) in [5.74, 6) is 0. The van der Waals surface area contributed by atoms with Crippen LogP contribution in [0, 0.1) is 5.41 Å². The number of thiol groups is 1. The van der Waals surface area contributed by atoms with Crippen LogP contribution in [0.25, 0.3) is 0 Å². The molecular formula is C7H15NS. The lowest BCUT2D eigenvalue weighted by molar-refractivity contribution is 0.529. The van der Waals surface area contributed by atoms with E-state index in [2.05, 4.69) is 33.4 Å². The molecule has 0 spiro atoms. The van der Waals surface area contributed by atoms with Crippen LogP contribution in [-0.2, 0) is 0 Å². The standard InChI is InChI=1S/C7H15NS/c1-5(8)6(9)7(2,3)4/h9H,8H2,1-4H3/b6-5-. The van der Waals surface area contributed by atoms with E-state index in [0.29, 0.717) is 0 Å². The van der Waals surface area contributed by atoms with Crippen molar-refractivity contribution in [1.29, 1.82) is 0 Å². The molecule has 2 heteroatoms. The highest BCUT2D eigenvalue weighted by Crippen LogP contribution is 2.28.